The molecule has 166 valence electrons. The Bertz CT molecular complexity index is 1140. The molecule has 3 rings (SSSR count). The summed E-state index contributed by atoms with van der Waals surface area (Å²) in [5.41, 5.74) is 1.56. The molecule has 0 fully saturated rings. The van der Waals surface area contributed by atoms with Gasteiger partial charge in [0.15, 0.2) is 12.4 Å². The highest BCUT2D eigenvalue weighted by molar-refractivity contribution is 5.93. The highest BCUT2D eigenvalue weighted by Gasteiger charge is 2.20. The topological polar surface area (TPSA) is 99.5 Å². The van der Waals surface area contributed by atoms with Crippen molar-refractivity contribution in [1.82, 2.24) is 9.78 Å². The first-order chi connectivity index (χ1) is 15.4. The van der Waals surface area contributed by atoms with E-state index in [0.29, 0.717) is 17.3 Å². The minimum Gasteiger partial charge on any atom is -0.481 e. The number of ether oxygens (including phenoxy) is 2. The van der Waals surface area contributed by atoms with Gasteiger partial charge in [-0.2, -0.15) is 9.78 Å². The maximum atomic E-state index is 12.6. The molecule has 32 heavy (non-hydrogen) atoms. The monoisotopic (exact) mass is 435 g/mol. The van der Waals surface area contributed by atoms with Crippen LogP contribution < -0.4 is 15.6 Å². The van der Waals surface area contributed by atoms with Gasteiger partial charge in [0, 0.05) is 5.69 Å². The number of para-hydroxylation sites is 1. The smallest absolute Gasteiger partial charge is 0.362 e. The summed E-state index contributed by atoms with van der Waals surface area (Å²) in [5, 5.41) is 6.84. The first-order valence-corrected chi connectivity index (χ1v) is 10.3. The lowest BCUT2D eigenvalue weighted by Crippen LogP contribution is -2.27. The van der Waals surface area contributed by atoms with Crippen molar-refractivity contribution in [3.63, 3.8) is 0 Å². The molecule has 0 atom stereocenters. The van der Waals surface area contributed by atoms with Gasteiger partial charge in [0.25, 0.3) is 11.5 Å². The van der Waals surface area contributed by atoms with Gasteiger partial charge in [0.2, 0.25) is 5.69 Å². The van der Waals surface area contributed by atoms with Gasteiger partial charge in [-0.1, -0.05) is 44.2 Å². The van der Waals surface area contributed by atoms with Crippen LogP contribution in [0.15, 0.2) is 65.5 Å². The van der Waals surface area contributed by atoms with E-state index < -0.39 is 24.0 Å². The van der Waals surface area contributed by atoms with Gasteiger partial charge >= 0.3 is 5.97 Å². The number of nitrogens with zero attached hydrogens (tertiary/aromatic N) is 2. The molecule has 1 amide bonds. The summed E-state index contributed by atoms with van der Waals surface area (Å²) in [6.45, 7) is 5.54. The Hall–Kier alpha value is -3.94. The molecule has 8 heteroatoms. The van der Waals surface area contributed by atoms with Crippen LogP contribution in [-0.4, -0.2) is 34.9 Å². The molecule has 0 aliphatic carbocycles. The van der Waals surface area contributed by atoms with E-state index in [1.54, 1.807) is 49.4 Å². The van der Waals surface area contributed by atoms with E-state index in [0.717, 1.165) is 16.3 Å². The average molecular weight is 435 g/mol. The second kappa shape index (κ2) is 10.4. The summed E-state index contributed by atoms with van der Waals surface area (Å²) < 4.78 is 11.6. The number of rotatable bonds is 8. The third kappa shape index (κ3) is 5.60. The number of carbonyl (C=O) groups is 2. The Balaban J connectivity index is 1.78. The molecule has 0 aliphatic rings. The van der Waals surface area contributed by atoms with Gasteiger partial charge in [-0.15, -0.1) is 0 Å². The zero-order valence-electron chi connectivity index (χ0n) is 18.2. The number of anilines is 1. The Kier molecular flexibility index (Phi) is 7.38. The van der Waals surface area contributed by atoms with Crippen molar-refractivity contribution >= 4 is 17.6 Å². The number of amides is 1. The molecular formula is C24H25N3O5. The van der Waals surface area contributed by atoms with Crippen LogP contribution in [-0.2, 0) is 9.53 Å². The summed E-state index contributed by atoms with van der Waals surface area (Å²) in [7, 11) is 0. The molecule has 1 N–H and O–H groups in total. The molecule has 2 aromatic carbocycles. The Morgan fingerprint density at radius 1 is 1.06 bits per heavy atom. The zero-order valence-corrected chi connectivity index (χ0v) is 18.2. The lowest BCUT2D eigenvalue weighted by atomic mass is 10.0. The van der Waals surface area contributed by atoms with E-state index in [-0.39, 0.29) is 18.1 Å². The molecule has 0 aliphatic heterocycles. The standard InChI is InChI=1S/C24H25N3O5/c1-4-31-24(30)23-20(14-22(29)27(26-23)19-8-6-5-7-9-19)32-15-21(28)25-18-12-10-17(11-13-18)16(2)3/h5-14,16H,4,15H2,1-3H3,(H,25,28). The first kappa shape index (κ1) is 22.7. The fourth-order valence-corrected chi connectivity index (χ4v) is 2.94. The predicted octanol–water partition coefficient (Wildman–Crippen LogP) is 3.55. The molecule has 0 saturated heterocycles. The molecule has 0 bridgehead atoms. The highest BCUT2D eigenvalue weighted by Crippen LogP contribution is 2.18. The van der Waals surface area contributed by atoms with Crippen molar-refractivity contribution in [2.24, 2.45) is 0 Å². The van der Waals surface area contributed by atoms with Gasteiger partial charge < -0.3 is 14.8 Å². The maximum Gasteiger partial charge on any atom is 0.362 e. The van der Waals surface area contributed by atoms with Crippen LogP contribution in [0, 0.1) is 0 Å². The molecule has 0 spiro atoms. The molecular weight excluding hydrogens is 410 g/mol. The second-order valence-corrected chi connectivity index (χ2v) is 7.28. The fraction of sp³-hybridized carbons (Fsp3) is 0.250. The summed E-state index contributed by atoms with van der Waals surface area (Å²) in [6, 6.07) is 17.3. The van der Waals surface area contributed by atoms with Crippen molar-refractivity contribution < 1.29 is 19.1 Å². The summed E-state index contributed by atoms with van der Waals surface area (Å²) in [5.74, 6) is -0.929. The average Bonchev–Trinajstić information content (AvgIpc) is 2.78. The van der Waals surface area contributed by atoms with E-state index in [4.69, 9.17) is 9.47 Å². The van der Waals surface area contributed by atoms with Gasteiger partial charge in [-0.05, 0) is 42.7 Å². The third-order valence-electron chi connectivity index (χ3n) is 4.59. The van der Waals surface area contributed by atoms with Crippen molar-refractivity contribution in [2.45, 2.75) is 26.7 Å². The van der Waals surface area contributed by atoms with Crippen LogP contribution in [0.2, 0.25) is 0 Å². The second-order valence-electron chi connectivity index (χ2n) is 7.28. The van der Waals surface area contributed by atoms with E-state index in [9.17, 15) is 14.4 Å². The normalized spacial score (nSPS) is 10.6. The quantitative estimate of drug-likeness (QED) is 0.543. The van der Waals surface area contributed by atoms with Crippen LogP contribution >= 0.6 is 0 Å². The number of hydrogen-bond acceptors (Lipinski definition) is 6. The van der Waals surface area contributed by atoms with Crippen molar-refractivity contribution in [1.29, 1.82) is 0 Å². The lowest BCUT2D eigenvalue weighted by molar-refractivity contribution is -0.118. The van der Waals surface area contributed by atoms with Crippen LogP contribution in [0.3, 0.4) is 0 Å². The fourth-order valence-electron chi connectivity index (χ4n) is 2.94. The van der Waals surface area contributed by atoms with Crippen molar-refractivity contribution in [3.8, 4) is 11.4 Å². The number of benzene rings is 2. The largest absolute Gasteiger partial charge is 0.481 e. The van der Waals surface area contributed by atoms with Gasteiger partial charge in [-0.25, -0.2) is 4.79 Å². The minimum atomic E-state index is -0.753. The molecule has 0 unspecified atom stereocenters. The van der Waals surface area contributed by atoms with E-state index >= 15 is 0 Å². The van der Waals surface area contributed by atoms with Gasteiger partial charge in [0.1, 0.15) is 0 Å². The van der Waals surface area contributed by atoms with Gasteiger partial charge in [0.05, 0.1) is 18.4 Å². The zero-order chi connectivity index (χ0) is 23.1. The van der Waals surface area contributed by atoms with E-state index in [2.05, 4.69) is 24.3 Å². The van der Waals surface area contributed by atoms with Crippen molar-refractivity contribution in [3.05, 3.63) is 82.3 Å². The van der Waals surface area contributed by atoms with Crippen LogP contribution in [0.5, 0.6) is 5.75 Å². The molecule has 1 aromatic heterocycles. The predicted molar refractivity (Wildman–Crippen MR) is 120 cm³/mol. The Labute approximate surface area is 185 Å². The van der Waals surface area contributed by atoms with E-state index in [1.807, 2.05) is 12.1 Å². The number of carbonyl (C=O) groups excluding carboxylic acids is 2. The molecule has 1 heterocycles. The number of aromatic nitrogens is 2. The molecule has 8 nitrogen and oxygen atoms in total. The first-order valence-electron chi connectivity index (χ1n) is 10.3. The van der Waals surface area contributed by atoms with Gasteiger partial charge in [-0.3, -0.25) is 9.59 Å². The minimum absolute atomic E-state index is 0.120. The molecule has 0 radical (unpaired) electrons. The SMILES string of the molecule is CCOC(=O)c1nn(-c2ccccc2)c(=O)cc1OCC(=O)Nc1ccc(C(C)C)cc1. The highest BCUT2D eigenvalue weighted by atomic mass is 16.5. The molecule has 3 aromatic rings. The Morgan fingerprint density at radius 2 is 1.75 bits per heavy atom. The van der Waals surface area contributed by atoms with Crippen molar-refractivity contribution in [2.75, 3.05) is 18.5 Å². The summed E-state index contributed by atoms with van der Waals surface area (Å²) >= 11 is 0. The van der Waals surface area contributed by atoms with E-state index in [1.165, 1.54) is 0 Å². The molecule has 0 saturated carbocycles. The maximum absolute atomic E-state index is 12.6. The van der Waals surface area contributed by atoms with Crippen LogP contribution in [0.1, 0.15) is 42.7 Å². The number of hydrogen-bond donors (Lipinski definition) is 1. The Morgan fingerprint density at radius 3 is 2.38 bits per heavy atom. The summed E-state index contributed by atoms with van der Waals surface area (Å²) in [4.78, 5) is 37.3. The lowest BCUT2D eigenvalue weighted by Gasteiger charge is -2.13. The van der Waals surface area contributed by atoms with Crippen LogP contribution in [0.4, 0.5) is 5.69 Å². The summed E-state index contributed by atoms with van der Waals surface area (Å²) in [6.07, 6.45) is 0. The number of esters is 1. The number of nitrogens with one attached hydrogen (secondary N) is 1. The third-order valence-corrected chi connectivity index (χ3v) is 4.59. The van der Waals surface area contributed by atoms with Crippen LogP contribution in [0.25, 0.3) is 5.69 Å².